The van der Waals surface area contributed by atoms with Crippen LogP contribution >= 0.6 is 11.6 Å². The van der Waals surface area contributed by atoms with E-state index in [2.05, 4.69) is 11.4 Å². The summed E-state index contributed by atoms with van der Waals surface area (Å²) in [5.41, 5.74) is 1.06. The molecule has 2 aliphatic rings. The normalized spacial score (nSPS) is 22.8. The highest BCUT2D eigenvalue weighted by Crippen LogP contribution is 2.35. The summed E-state index contributed by atoms with van der Waals surface area (Å²) in [7, 11) is 0. The molecule has 1 aromatic carbocycles. The van der Waals surface area contributed by atoms with E-state index < -0.39 is 0 Å². The number of carbonyl (C=O) groups is 1. The van der Waals surface area contributed by atoms with Gasteiger partial charge in [0, 0.05) is 49.9 Å². The van der Waals surface area contributed by atoms with Gasteiger partial charge < -0.3 is 19.7 Å². The fourth-order valence-corrected chi connectivity index (χ4v) is 4.19. The van der Waals surface area contributed by atoms with E-state index in [1.807, 2.05) is 30.0 Å². The molecule has 2 heterocycles. The van der Waals surface area contributed by atoms with Crippen LogP contribution in [0.2, 0.25) is 5.02 Å². The topological polar surface area (TPSA) is 50.8 Å². The fourth-order valence-electron chi connectivity index (χ4n) is 4.00. The van der Waals surface area contributed by atoms with E-state index in [1.54, 1.807) is 0 Å². The van der Waals surface area contributed by atoms with Crippen molar-refractivity contribution in [2.24, 2.45) is 0 Å². The number of nitrogens with zero attached hydrogens (tertiary/aromatic N) is 1. The van der Waals surface area contributed by atoms with Gasteiger partial charge in [-0.05, 0) is 50.3 Å². The molecule has 0 radical (unpaired) electrons. The number of nitrogens with one attached hydrogen (secondary N) is 1. The van der Waals surface area contributed by atoms with Crippen molar-refractivity contribution in [3.8, 4) is 0 Å². The third-order valence-corrected chi connectivity index (χ3v) is 5.77. The molecular weight excluding hydrogens is 352 g/mol. The van der Waals surface area contributed by atoms with Crippen molar-refractivity contribution in [2.75, 3.05) is 39.5 Å². The summed E-state index contributed by atoms with van der Waals surface area (Å²) in [5.74, 6) is 0. The summed E-state index contributed by atoms with van der Waals surface area (Å²) in [4.78, 5) is 14.6. The Hall–Kier alpha value is -1.30. The molecule has 2 amide bonds. The quantitative estimate of drug-likeness (QED) is 0.849. The lowest BCUT2D eigenvalue weighted by Crippen LogP contribution is -2.51. The molecule has 6 heteroatoms. The molecule has 1 N–H and O–H groups in total. The number of benzene rings is 1. The molecule has 0 bridgehead atoms. The number of likely N-dealkylation sites (tertiary alicyclic amines) is 1. The minimum absolute atomic E-state index is 0.00213. The largest absolute Gasteiger partial charge is 0.381 e. The lowest BCUT2D eigenvalue weighted by molar-refractivity contribution is 0.0155. The monoisotopic (exact) mass is 380 g/mol. The number of carbonyl (C=O) groups excluding carboxylic acids is 1. The average Bonchev–Trinajstić information content (AvgIpc) is 2.67. The standard InChI is InChI=1S/C20H29ClN2O3/c1-2-26-18-7-4-10-23(14-18)19(24)22-15-20(8-11-25-12-9-20)16-5-3-6-17(21)13-16/h3,5-6,13,18H,2,4,7-12,14-15H2,1H3,(H,22,24). The maximum atomic E-state index is 12.7. The molecule has 0 aliphatic carbocycles. The minimum atomic E-state index is -0.117. The van der Waals surface area contributed by atoms with Crippen molar-refractivity contribution in [2.45, 2.75) is 44.1 Å². The number of urea groups is 1. The van der Waals surface area contributed by atoms with Crippen LogP contribution in [-0.4, -0.2) is 56.5 Å². The summed E-state index contributed by atoms with van der Waals surface area (Å²) in [6.07, 6.45) is 3.95. The van der Waals surface area contributed by atoms with Crippen molar-refractivity contribution in [3.05, 3.63) is 34.9 Å². The van der Waals surface area contributed by atoms with Gasteiger partial charge in [-0.1, -0.05) is 23.7 Å². The first-order valence-electron chi connectivity index (χ1n) is 9.61. The van der Waals surface area contributed by atoms with Gasteiger partial charge in [0.05, 0.1) is 6.10 Å². The number of hydrogen-bond donors (Lipinski definition) is 1. The molecule has 1 aromatic rings. The van der Waals surface area contributed by atoms with E-state index in [-0.39, 0.29) is 17.6 Å². The second kappa shape index (κ2) is 9.07. The Balaban J connectivity index is 1.65. The summed E-state index contributed by atoms with van der Waals surface area (Å²) in [6, 6.07) is 7.99. The second-order valence-corrected chi connectivity index (χ2v) is 7.66. The Morgan fingerprint density at radius 1 is 1.42 bits per heavy atom. The predicted octanol–water partition coefficient (Wildman–Crippen LogP) is 3.60. The molecule has 5 nitrogen and oxygen atoms in total. The van der Waals surface area contributed by atoms with Crippen LogP contribution in [0.5, 0.6) is 0 Å². The van der Waals surface area contributed by atoms with Gasteiger partial charge in [0.1, 0.15) is 0 Å². The number of ether oxygens (including phenoxy) is 2. The Kier molecular flexibility index (Phi) is 6.79. The van der Waals surface area contributed by atoms with Crippen LogP contribution < -0.4 is 5.32 Å². The smallest absolute Gasteiger partial charge is 0.317 e. The zero-order chi connectivity index (χ0) is 18.4. The number of hydrogen-bond acceptors (Lipinski definition) is 3. The Morgan fingerprint density at radius 2 is 2.23 bits per heavy atom. The first-order valence-corrected chi connectivity index (χ1v) is 9.99. The van der Waals surface area contributed by atoms with Gasteiger partial charge in [-0.2, -0.15) is 0 Å². The van der Waals surface area contributed by atoms with Gasteiger partial charge in [0.2, 0.25) is 0 Å². The van der Waals surface area contributed by atoms with Crippen molar-refractivity contribution in [3.63, 3.8) is 0 Å². The van der Waals surface area contributed by atoms with Crippen LogP contribution in [0.3, 0.4) is 0 Å². The molecule has 1 unspecified atom stereocenters. The Labute approximate surface area is 161 Å². The molecular formula is C20H29ClN2O3. The van der Waals surface area contributed by atoms with Crippen molar-refractivity contribution in [1.29, 1.82) is 0 Å². The maximum absolute atomic E-state index is 12.7. The van der Waals surface area contributed by atoms with Crippen LogP contribution in [0.25, 0.3) is 0 Å². The highest BCUT2D eigenvalue weighted by molar-refractivity contribution is 6.30. The average molecular weight is 381 g/mol. The molecule has 2 aliphatic heterocycles. The first-order chi connectivity index (χ1) is 12.6. The highest BCUT2D eigenvalue weighted by atomic mass is 35.5. The molecule has 2 saturated heterocycles. The molecule has 2 fully saturated rings. The van der Waals surface area contributed by atoms with Crippen LogP contribution in [-0.2, 0) is 14.9 Å². The highest BCUT2D eigenvalue weighted by Gasteiger charge is 2.35. The molecule has 1 atom stereocenters. The maximum Gasteiger partial charge on any atom is 0.317 e. The van der Waals surface area contributed by atoms with Gasteiger partial charge in [0.25, 0.3) is 0 Å². The number of piperidine rings is 1. The van der Waals surface area contributed by atoms with E-state index in [1.165, 1.54) is 5.56 Å². The third kappa shape index (κ3) is 4.70. The zero-order valence-corrected chi connectivity index (χ0v) is 16.3. The predicted molar refractivity (Wildman–Crippen MR) is 103 cm³/mol. The molecule has 0 aromatic heterocycles. The second-order valence-electron chi connectivity index (χ2n) is 7.23. The number of halogens is 1. The number of amides is 2. The van der Waals surface area contributed by atoms with E-state index >= 15 is 0 Å². The van der Waals surface area contributed by atoms with Gasteiger partial charge in [-0.15, -0.1) is 0 Å². The Bertz CT molecular complexity index is 602. The molecule has 3 rings (SSSR count). The van der Waals surface area contributed by atoms with Crippen LogP contribution in [0, 0.1) is 0 Å². The lowest BCUT2D eigenvalue weighted by Gasteiger charge is -2.39. The van der Waals surface area contributed by atoms with Crippen LogP contribution in [0.1, 0.15) is 38.2 Å². The van der Waals surface area contributed by atoms with Gasteiger partial charge in [0.15, 0.2) is 0 Å². The van der Waals surface area contributed by atoms with Crippen molar-refractivity contribution < 1.29 is 14.3 Å². The summed E-state index contributed by atoms with van der Waals surface area (Å²) in [5, 5.41) is 3.91. The van der Waals surface area contributed by atoms with Gasteiger partial charge in [-0.3, -0.25) is 0 Å². The number of rotatable bonds is 5. The van der Waals surface area contributed by atoms with Crippen molar-refractivity contribution in [1.82, 2.24) is 10.2 Å². The molecule has 144 valence electrons. The molecule has 0 spiro atoms. The fraction of sp³-hybridized carbons (Fsp3) is 0.650. The minimum Gasteiger partial charge on any atom is -0.381 e. The SMILES string of the molecule is CCOC1CCCN(C(=O)NCC2(c3cccc(Cl)c3)CCOCC2)C1. The van der Waals surface area contributed by atoms with E-state index in [4.69, 9.17) is 21.1 Å². The van der Waals surface area contributed by atoms with Gasteiger partial charge in [-0.25, -0.2) is 4.79 Å². The lowest BCUT2D eigenvalue weighted by atomic mass is 9.74. The summed E-state index contributed by atoms with van der Waals surface area (Å²) in [6.45, 7) is 6.18. The Morgan fingerprint density at radius 3 is 2.96 bits per heavy atom. The van der Waals surface area contributed by atoms with E-state index in [9.17, 15) is 4.79 Å². The van der Waals surface area contributed by atoms with Crippen LogP contribution in [0.15, 0.2) is 24.3 Å². The van der Waals surface area contributed by atoms with E-state index in [0.717, 1.165) is 37.3 Å². The summed E-state index contributed by atoms with van der Waals surface area (Å²) < 4.78 is 11.3. The molecule has 0 saturated carbocycles. The van der Waals surface area contributed by atoms with Crippen molar-refractivity contribution >= 4 is 17.6 Å². The third-order valence-electron chi connectivity index (χ3n) is 5.53. The summed E-state index contributed by atoms with van der Waals surface area (Å²) >= 11 is 6.22. The molecule has 26 heavy (non-hydrogen) atoms. The van der Waals surface area contributed by atoms with E-state index in [0.29, 0.717) is 32.9 Å². The van der Waals surface area contributed by atoms with Gasteiger partial charge >= 0.3 is 6.03 Å². The first kappa shape index (κ1) is 19.5. The zero-order valence-electron chi connectivity index (χ0n) is 15.5. The van der Waals surface area contributed by atoms with Crippen LogP contribution in [0.4, 0.5) is 4.79 Å².